The summed E-state index contributed by atoms with van der Waals surface area (Å²) in [7, 11) is 0. The third kappa shape index (κ3) is 2.79. The highest BCUT2D eigenvalue weighted by atomic mass is 16.2. The molecular formula is C18H23NO. The first-order chi connectivity index (χ1) is 9.79. The van der Waals surface area contributed by atoms with Crippen LogP contribution in [0.4, 0.5) is 5.69 Å². The fourth-order valence-corrected chi connectivity index (χ4v) is 3.35. The SMILES string of the molecule is CCc1ccc(NC(=O)[C@@H]2[C@H]3C=CCCCC[C@H]32)cc1. The van der Waals surface area contributed by atoms with E-state index in [0.29, 0.717) is 11.8 Å². The topological polar surface area (TPSA) is 29.1 Å². The van der Waals surface area contributed by atoms with E-state index < -0.39 is 0 Å². The summed E-state index contributed by atoms with van der Waals surface area (Å²) in [6.45, 7) is 2.14. The van der Waals surface area contributed by atoms with Crippen molar-refractivity contribution in [3.05, 3.63) is 42.0 Å². The van der Waals surface area contributed by atoms with Gasteiger partial charge in [0.1, 0.15) is 0 Å². The van der Waals surface area contributed by atoms with E-state index in [0.717, 1.165) is 12.1 Å². The van der Waals surface area contributed by atoms with E-state index in [-0.39, 0.29) is 11.8 Å². The van der Waals surface area contributed by atoms with Crippen molar-refractivity contribution in [3.63, 3.8) is 0 Å². The lowest BCUT2D eigenvalue weighted by molar-refractivity contribution is -0.117. The first-order valence-corrected chi connectivity index (χ1v) is 7.86. The van der Waals surface area contributed by atoms with Crippen LogP contribution in [0.25, 0.3) is 0 Å². The van der Waals surface area contributed by atoms with E-state index in [9.17, 15) is 4.79 Å². The van der Waals surface area contributed by atoms with Gasteiger partial charge in [0.25, 0.3) is 0 Å². The van der Waals surface area contributed by atoms with E-state index in [1.54, 1.807) is 0 Å². The average Bonchev–Trinajstić information content (AvgIpc) is 3.11. The Labute approximate surface area is 121 Å². The maximum absolute atomic E-state index is 12.4. The number of benzene rings is 1. The zero-order chi connectivity index (χ0) is 13.9. The second-order valence-electron chi connectivity index (χ2n) is 6.02. The van der Waals surface area contributed by atoms with Crippen LogP contribution in [-0.2, 0) is 11.2 Å². The molecule has 0 aromatic heterocycles. The predicted octanol–water partition coefficient (Wildman–Crippen LogP) is 4.18. The first-order valence-electron chi connectivity index (χ1n) is 7.86. The van der Waals surface area contributed by atoms with Crippen LogP contribution < -0.4 is 5.32 Å². The Kier molecular flexibility index (Phi) is 3.90. The number of anilines is 1. The molecule has 3 rings (SSSR count). The number of aryl methyl sites for hydroxylation is 1. The lowest BCUT2D eigenvalue weighted by Crippen LogP contribution is -2.15. The number of amides is 1. The third-order valence-corrected chi connectivity index (χ3v) is 4.68. The van der Waals surface area contributed by atoms with Gasteiger partial charge in [0, 0.05) is 11.6 Å². The van der Waals surface area contributed by atoms with Crippen LogP contribution in [0.5, 0.6) is 0 Å². The van der Waals surface area contributed by atoms with Crippen LogP contribution in [0, 0.1) is 17.8 Å². The summed E-state index contributed by atoms with van der Waals surface area (Å²) in [5.74, 6) is 1.48. The van der Waals surface area contributed by atoms with Crippen LogP contribution in [0.15, 0.2) is 36.4 Å². The number of hydrogen-bond donors (Lipinski definition) is 1. The van der Waals surface area contributed by atoms with E-state index in [1.807, 2.05) is 12.1 Å². The van der Waals surface area contributed by atoms with Crippen LogP contribution in [0.2, 0.25) is 0 Å². The van der Waals surface area contributed by atoms with Crippen molar-refractivity contribution in [2.75, 3.05) is 5.32 Å². The van der Waals surface area contributed by atoms with E-state index in [1.165, 1.54) is 31.2 Å². The zero-order valence-electron chi connectivity index (χ0n) is 12.1. The van der Waals surface area contributed by atoms with Gasteiger partial charge in [-0.1, -0.05) is 37.6 Å². The van der Waals surface area contributed by atoms with Gasteiger partial charge in [0.15, 0.2) is 0 Å². The molecule has 2 nitrogen and oxygen atoms in total. The zero-order valence-corrected chi connectivity index (χ0v) is 12.1. The number of carbonyl (C=O) groups is 1. The molecule has 0 unspecified atom stereocenters. The highest BCUT2D eigenvalue weighted by molar-refractivity contribution is 5.95. The molecule has 1 fully saturated rings. The molecule has 0 saturated heterocycles. The standard InChI is InChI=1S/C18H23NO/c1-2-13-9-11-14(12-10-13)19-18(20)17-15-7-5-3-4-6-8-16(15)17/h5,7,9-12,15-17H,2-4,6,8H2,1H3,(H,19,20)/t15-,16+,17+/m0/s1. The highest BCUT2D eigenvalue weighted by Crippen LogP contribution is 2.51. The number of hydrogen-bond acceptors (Lipinski definition) is 1. The molecule has 1 aromatic carbocycles. The molecule has 0 bridgehead atoms. The van der Waals surface area contributed by atoms with Gasteiger partial charge < -0.3 is 5.32 Å². The maximum Gasteiger partial charge on any atom is 0.228 e. The molecule has 1 amide bonds. The minimum atomic E-state index is 0.204. The lowest BCUT2D eigenvalue weighted by atomic mass is 10.1. The maximum atomic E-state index is 12.4. The quantitative estimate of drug-likeness (QED) is 0.819. The molecule has 0 heterocycles. The van der Waals surface area contributed by atoms with Crippen molar-refractivity contribution in [2.45, 2.75) is 39.0 Å². The highest BCUT2D eigenvalue weighted by Gasteiger charge is 2.52. The Balaban J connectivity index is 1.62. The fourth-order valence-electron chi connectivity index (χ4n) is 3.35. The number of fused-ring (bicyclic) bond motifs is 1. The molecule has 1 aromatic rings. The average molecular weight is 269 g/mol. The summed E-state index contributed by atoms with van der Waals surface area (Å²) in [5, 5.41) is 3.08. The van der Waals surface area contributed by atoms with Crippen LogP contribution in [0.3, 0.4) is 0 Å². The second kappa shape index (κ2) is 5.82. The van der Waals surface area contributed by atoms with Crippen molar-refractivity contribution >= 4 is 11.6 Å². The Morgan fingerprint density at radius 2 is 2.05 bits per heavy atom. The van der Waals surface area contributed by atoms with Gasteiger partial charge in [-0.3, -0.25) is 4.79 Å². The monoisotopic (exact) mass is 269 g/mol. The van der Waals surface area contributed by atoms with Gasteiger partial charge in [-0.05, 0) is 55.2 Å². The van der Waals surface area contributed by atoms with Crippen molar-refractivity contribution in [1.82, 2.24) is 0 Å². The van der Waals surface area contributed by atoms with Gasteiger partial charge in [0.2, 0.25) is 5.91 Å². The van der Waals surface area contributed by atoms with Gasteiger partial charge in [0.05, 0.1) is 0 Å². The predicted molar refractivity (Wildman–Crippen MR) is 82.5 cm³/mol. The molecule has 20 heavy (non-hydrogen) atoms. The van der Waals surface area contributed by atoms with E-state index >= 15 is 0 Å². The molecule has 0 radical (unpaired) electrons. The van der Waals surface area contributed by atoms with E-state index in [4.69, 9.17) is 0 Å². The Hall–Kier alpha value is -1.57. The van der Waals surface area contributed by atoms with Gasteiger partial charge in [-0.2, -0.15) is 0 Å². The number of carbonyl (C=O) groups excluding carboxylic acids is 1. The van der Waals surface area contributed by atoms with Gasteiger partial charge in [-0.15, -0.1) is 0 Å². The molecule has 0 spiro atoms. The molecule has 2 aliphatic carbocycles. The molecule has 2 aliphatic rings. The normalized spacial score (nSPS) is 28.1. The van der Waals surface area contributed by atoms with Crippen molar-refractivity contribution < 1.29 is 4.79 Å². The molecule has 2 heteroatoms. The molecule has 0 aliphatic heterocycles. The summed E-state index contributed by atoms with van der Waals surface area (Å²) < 4.78 is 0. The summed E-state index contributed by atoms with van der Waals surface area (Å²) in [5.41, 5.74) is 2.23. The molecule has 1 saturated carbocycles. The van der Waals surface area contributed by atoms with Gasteiger partial charge in [-0.25, -0.2) is 0 Å². The van der Waals surface area contributed by atoms with Crippen LogP contribution in [-0.4, -0.2) is 5.91 Å². The number of allylic oxidation sites excluding steroid dienone is 2. The molecule has 106 valence electrons. The molecular weight excluding hydrogens is 246 g/mol. The van der Waals surface area contributed by atoms with E-state index in [2.05, 4.69) is 36.5 Å². The van der Waals surface area contributed by atoms with Crippen LogP contribution in [0.1, 0.15) is 38.2 Å². The van der Waals surface area contributed by atoms with Crippen molar-refractivity contribution in [2.24, 2.45) is 17.8 Å². The fraction of sp³-hybridized carbons (Fsp3) is 0.500. The molecule has 1 N–H and O–H groups in total. The molecule has 3 atom stereocenters. The summed E-state index contributed by atoms with van der Waals surface area (Å²) in [6, 6.07) is 8.20. The van der Waals surface area contributed by atoms with Gasteiger partial charge >= 0.3 is 0 Å². The number of rotatable bonds is 3. The summed E-state index contributed by atoms with van der Waals surface area (Å²) in [6.07, 6.45) is 10.5. The number of nitrogens with one attached hydrogen (secondary N) is 1. The Morgan fingerprint density at radius 1 is 1.25 bits per heavy atom. The van der Waals surface area contributed by atoms with Crippen molar-refractivity contribution in [1.29, 1.82) is 0 Å². The third-order valence-electron chi connectivity index (χ3n) is 4.68. The smallest absolute Gasteiger partial charge is 0.228 e. The lowest BCUT2D eigenvalue weighted by Gasteiger charge is -2.05. The van der Waals surface area contributed by atoms with Crippen molar-refractivity contribution in [3.8, 4) is 0 Å². The minimum Gasteiger partial charge on any atom is -0.326 e. The Bertz CT molecular complexity index is 503. The summed E-state index contributed by atoms with van der Waals surface area (Å²) in [4.78, 5) is 12.4. The largest absolute Gasteiger partial charge is 0.326 e. The minimum absolute atomic E-state index is 0.204. The second-order valence-corrected chi connectivity index (χ2v) is 6.02. The first kappa shape index (κ1) is 13.4. The summed E-state index contributed by atoms with van der Waals surface area (Å²) >= 11 is 0. The van der Waals surface area contributed by atoms with Crippen LogP contribution >= 0.6 is 0 Å². The Morgan fingerprint density at radius 3 is 2.80 bits per heavy atom.